The van der Waals surface area contributed by atoms with E-state index in [0.29, 0.717) is 0 Å². The summed E-state index contributed by atoms with van der Waals surface area (Å²) in [6, 6.07) is 2.56. The zero-order valence-corrected chi connectivity index (χ0v) is 14.2. The molecule has 0 radical (unpaired) electrons. The minimum atomic E-state index is -0.209. The monoisotopic (exact) mass is 310 g/mol. The molecule has 0 aliphatic heterocycles. The van der Waals surface area contributed by atoms with Crippen molar-refractivity contribution in [2.45, 2.75) is 46.7 Å². The summed E-state index contributed by atoms with van der Waals surface area (Å²) in [7, 11) is -0.418. The molecule has 0 aromatic carbocycles. The molecule has 0 N–H and O–H groups in total. The van der Waals surface area contributed by atoms with Gasteiger partial charge in [0.25, 0.3) is 0 Å². The molecule has 0 aliphatic rings. The topological polar surface area (TPSA) is 0 Å². The second-order valence-electron chi connectivity index (χ2n) is 3.48. The number of halogens is 4. The van der Waals surface area contributed by atoms with Gasteiger partial charge in [0.2, 0.25) is 0 Å². The number of hydrogen-bond donors (Lipinski definition) is 0. The fourth-order valence-corrected chi connectivity index (χ4v) is 5.06. The lowest BCUT2D eigenvalue weighted by molar-refractivity contribution is 0.698. The van der Waals surface area contributed by atoms with Crippen LogP contribution >= 0.6 is 46.4 Å². The van der Waals surface area contributed by atoms with E-state index in [1.54, 1.807) is 0 Å². The van der Waals surface area contributed by atoms with Gasteiger partial charge >= 0.3 is 0 Å². The van der Waals surface area contributed by atoms with Crippen molar-refractivity contribution in [2.75, 3.05) is 0 Å². The van der Waals surface area contributed by atoms with Crippen molar-refractivity contribution in [1.29, 1.82) is 0 Å². The van der Waals surface area contributed by atoms with Gasteiger partial charge in [-0.05, 0) is 0 Å². The summed E-state index contributed by atoms with van der Waals surface area (Å²) in [6.45, 7) is 0. The quantitative estimate of drug-likeness (QED) is 0.348. The van der Waals surface area contributed by atoms with Crippen molar-refractivity contribution in [2.24, 2.45) is 0 Å². The summed E-state index contributed by atoms with van der Waals surface area (Å²) in [5.74, 6) is 0. The predicted octanol–water partition coefficient (Wildman–Crippen LogP) is 3.24. The number of hydrogen-bond acceptors (Lipinski definition) is 0. The number of unbranched alkanes of at least 4 members (excludes halogenated alkanes) is 3. The zero-order chi connectivity index (χ0) is 10.8. The average Bonchev–Trinajstić information content (AvgIpc) is 2.08. The lowest BCUT2D eigenvalue weighted by Gasteiger charge is -2.02. The minimum Gasteiger partial charge on any atom is -0.110 e. The normalized spacial score (nSPS) is 13.3. The fraction of sp³-hybridized carbons (Fsp3) is 1.00. The molecule has 14 heavy (non-hydrogen) atoms. The maximum absolute atomic E-state index is 5.68. The maximum atomic E-state index is 5.68. The van der Waals surface area contributed by atoms with Crippen LogP contribution in [-0.2, 0) is 0 Å². The third-order valence-corrected chi connectivity index (χ3v) is 7.40. The third-order valence-electron chi connectivity index (χ3n) is 2.09. The van der Waals surface area contributed by atoms with Crippen LogP contribution in [0, 0.1) is 0 Å². The van der Waals surface area contributed by atoms with E-state index in [1.807, 2.05) is 0 Å². The summed E-state index contributed by atoms with van der Waals surface area (Å²) >= 11 is 22.7. The first-order chi connectivity index (χ1) is 6.63. The smallest absolute Gasteiger partial charge is 0.0908 e. The Hall–Kier alpha value is 1.59. The van der Waals surface area contributed by atoms with Crippen LogP contribution in [0.2, 0.25) is 12.1 Å². The van der Waals surface area contributed by atoms with Crippen LogP contribution in [0.25, 0.3) is 0 Å². The Morgan fingerprint density at radius 2 is 1.00 bits per heavy atom. The molecule has 0 amide bonds. The summed E-state index contributed by atoms with van der Waals surface area (Å²) in [5, 5.41) is 0. The van der Waals surface area contributed by atoms with Gasteiger partial charge in [0, 0.05) is 0 Å². The van der Waals surface area contributed by atoms with E-state index in [-0.39, 0.29) is 28.0 Å². The molecule has 0 heterocycles. The van der Waals surface area contributed by atoms with Crippen molar-refractivity contribution in [1.82, 2.24) is 0 Å². The molecular weight excluding hydrogens is 294 g/mol. The van der Waals surface area contributed by atoms with Crippen molar-refractivity contribution in [3.63, 3.8) is 0 Å². The summed E-state index contributed by atoms with van der Waals surface area (Å²) in [4.78, 5) is 0. The highest BCUT2D eigenvalue weighted by Gasteiger charge is 2.00. The molecule has 0 bridgehead atoms. The summed E-state index contributed by atoms with van der Waals surface area (Å²) < 4.78 is -0.0914. The largest absolute Gasteiger partial charge is 0.110 e. The summed E-state index contributed by atoms with van der Waals surface area (Å²) in [6.07, 6.45) is 5.23. The van der Waals surface area contributed by atoms with Crippen molar-refractivity contribution in [3.05, 3.63) is 0 Å². The van der Waals surface area contributed by atoms with Gasteiger partial charge in [-0.1, -0.05) is 37.8 Å². The van der Waals surface area contributed by atoms with Crippen LogP contribution in [0.1, 0.15) is 25.7 Å². The molecule has 0 unspecified atom stereocenters. The predicted molar refractivity (Wildman–Crippen MR) is 76.2 cm³/mol. The minimum absolute atomic E-state index is 0.0457. The number of rotatable bonds is 9. The van der Waals surface area contributed by atoms with Gasteiger partial charge in [-0.25, -0.2) is 0 Å². The molecule has 0 saturated carbocycles. The van der Waals surface area contributed by atoms with Gasteiger partial charge in [-0.3, -0.25) is 0 Å². The van der Waals surface area contributed by atoms with Crippen LogP contribution < -0.4 is 0 Å². The van der Waals surface area contributed by atoms with Crippen molar-refractivity contribution in [3.8, 4) is 0 Å². The van der Waals surface area contributed by atoms with E-state index in [9.17, 15) is 0 Å². The molecule has 0 aromatic heterocycles. The van der Waals surface area contributed by atoms with E-state index < -0.39 is 0 Å². The summed E-state index contributed by atoms with van der Waals surface area (Å²) in [5.41, 5.74) is 0. The number of alkyl halides is 4. The molecule has 0 nitrogen and oxygen atoms in total. The zero-order valence-electron chi connectivity index (χ0n) is 8.32. The lowest BCUT2D eigenvalue weighted by atomic mass is 10.2. The Labute approximate surface area is 112 Å². The van der Waals surface area contributed by atoms with Gasteiger partial charge < -0.3 is 0 Å². The molecule has 0 atom stereocenters. The van der Waals surface area contributed by atoms with E-state index in [1.165, 1.54) is 37.8 Å². The molecule has 86 valence electrons. The van der Waals surface area contributed by atoms with E-state index in [0.717, 1.165) is 0 Å². The van der Waals surface area contributed by atoms with Crippen molar-refractivity contribution < 1.29 is 0 Å². The molecular formula is C8H18Cl4Si2. The van der Waals surface area contributed by atoms with Crippen LogP contribution in [0.4, 0.5) is 0 Å². The van der Waals surface area contributed by atoms with Crippen LogP contribution in [0.3, 0.4) is 0 Å². The standard InChI is InChI=1S/C8H18Cl4Si2/c9-7(10)13-5-3-1-2-4-6-14-8(11)12/h7-8H,1-6,13-14H2. The Morgan fingerprint density at radius 1 is 0.643 bits per heavy atom. The second-order valence-corrected chi connectivity index (χ2v) is 12.3. The average molecular weight is 312 g/mol. The fourth-order valence-electron chi connectivity index (χ4n) is 1.30. The third kappa shape index (κ3) is 13.6. The molecule has 0 rings (SSSR count). The molecule has 0 aromatic rings. The first-order valence-corrected chi connectivity index (χ1v) is 10.6. The molecule has 0 saturated heterocycles. The van der Waals surface area contributed by atoms with Gasteiger partial charge in [0.15, 0.2) is 0 Å². The first-order valence-electron chi connectivity index (χ1n) is 5.19. The molecule has 6 heteroatoms. The van der Waals surface area contributed by atoms with Crippen LogP contribution in [-0.4, -0.2) is 28.0 Å². The molecule has 0 fully saturated rings. The van der Waals surface area contributed by atoms with Crippen molar-refractivity contribution >= 4 is 65.4 Å². The van der Waals surface area contributed by atoms with E-state index in [2.05, 4.69) is 0 Å². The maximum Gasteiger partial charge on any atom is 0.0908 e. The molecule has 0 aliphatic carbocycles. The highest BCUT2D eigenvalue weighted by Crippen LogP contribution is 2.10. The Morgan fingerprint density at radius 3 is 1.29 bits per heavy atom. The SMILES string of the molecule is ClC(Cl)[SiH2]CCCCCC[SiH2]C(Cl)Cl. The second kappa shape index (κ2) is 11.1. The van der Waals surface area contributed by atoms with E-state index in [4.69, 9.17) is 46.4 Å². The molecule has 0 spiro atoms. The van der Waals surface area contributed by atoms with Gasteiger partial charge in [0.05, 0.1) is 28.0 Å². The first kappa shape index (κ1) is 15.6. The highest BCUT2D eigenvalue weighted by molar-refractivity contribution is 6.69. The van der Waals surface area contributed by atoms with Crippen LogP contribution in [0.15, 0.2) is 0 Å². The Balaban J connectivity index is 2.92. The van der Waals surface area contributed by atoms with Gasteiger partial charge in [0.1, 0.15) is 0 Å². The Kier molecular flexibility index (Phi) is 12.4. The van der Waals surface area contributed by atoms with Gasteiger partial charge in [-0.15, -0.1) is 46.4 Å². The highest BCUT2D eigenvalue weighted by atomic mass is 35.5. The Bertz CT molecular complexity index is 108. The van der Waals surface area contributed by atoms with Gasteiger partial charge in [-0.2, -0.15) is 0 Å². The lowest BCUT2D eigenvalue weighted by Crippen LogP contribution is -2.01. The van der Waals surface area contributed by atoms with Crippen LogP contribution in [0.5, 0.6) is 0 Å². The van der Waals surface area contributed by atoms with E-state index >= 15 is 0 Å².